The number of nitrogens with zero attached hydrogens (tertiary/aromatic N) is 1. The first-order chi connectivity index (χ1) is 4.88. The van der Waals surface area contributed by atoms with E-state index in [1.807, 2.05) is 0 Å². The Bertz CT molecular complexity index is 298. The molecule has 0 saturated carbocycles. The van der Waals surface area contributed by atoms with Gasteiger partial charge in [-0.1, -0.05) is 6.08 Å². The summed E-state index contributed by atoms with van der Waals surface area (Å²) in [5.74, 6) is 0.400. The third-order valence-corrected chi connectivity index (χ3v) is 1.43. The van der Waals surface area contributed by atoms with Gasteiger partial charge in [0.05, 0.1) is 0 Å². The normalized spacial score (nSPS) is 15.4. The van der Waals surface area contributed by atoms with Gasteiger partial charge in [0.2, 0.25) is 5.78 Å². The zero-order chi connectivity index (χ0) is 6.97. The lowest BCUT2D eigenvalue weighted by Crippen LogP contribution is -2.01. The summed E-state index contributed by atoms with van der Waals surface area (Å²) in [5.41, 5.74) is 0.649. The third-order valence-electron chi connectivity index (χ3n) is 1.43. The smallest absolute Gasteiger partial charge is 0.204 e. The number of allylic oxidation sites excluding steroid dienone is 1. The lowest BCUT2D eigenvalue weighted by Gasteiger charge is -1.97. The molecule has 2 rings (SSSR count). The van der Waals surface area contributed by atoms with Gasteiger partial charge in [-0.15, -0.1) is 0 Å². The fourth-order valence-corrected chi connectivity index (χ4v) is 0.952. The summed E-state index contributed by atoms with van der Waals surface area (Å²) in [5, 5.41) is 0. The molecule has 50 valence electrons. The average Bonchev–Trinajstić information content (AvgIpc) is 2.36. The van der Waals surface area contributed by atoms with Crippen LogP contribution in [0.4, 0.5) is 0 Å². The number of oxazole rings is 1. The standard InChI is InChI=1S/C7H5NO2/c9-6-3-1-2-5-7(6)10-4-8-5/h1-2,4H,3H2. The minimum atomic E-state index is 0.00926. The molecule has 1 aromatic heterocycles. The first-order valence-electron chi connectivity index (χ1n) is 3.01. The summed E-state index contributed by atoms with van der Waals surface area (Å²) in [4.78, 5) is 14.8. The van der Waals surface area contributed by atoms with Crippen LogP contribution in [0.2, 0.25) is 0 Å². The van der Waals surface area contributed by atoms with Crippen molar-refractivity contribution in [2.45, 2.75) is 6.42 Å². The first kappa shape index (κ1) is 5.41. The van der Waals surface area contributed by atoms with Gasteiger partial charge in [-0.3, -0.25) is 4.79 Å². The van der Waals surface area contributed by atoms with Crippen molar-refractivity contribution in [2.24, 2.45) is 0 Å². The van der Waals surface area contributed by atoms with Crippen molar-refractivity contribution < 1.29 is 9.21 Å². The topological polar surface area (TPSA) is 43.1 Å². The van der Waals surface area contributed by atoms with Crippen LogP contribution in [0.15, 0.2) is 16.9 Å². The monoisotopic (exact) mass is 135 g/mol. The first-order valence-corrected chi connectivity index (χ1v) is 3.01. The van der Waals surface area contributed by atoms with E-state index in [1.54, 1.807) is 12.2 Å². The van der Waals surface area contributed by atoms with Crippen LogP contribution in [0.1, 0.15) is 22.7 Å². The Morgan fingerprint density at radius 1 is 1.60 bits per heavy atom. The molecule has 0 saturated heterocycles. The van der Waals surface area contributed by atoms with Crippen molar-refractivity contribution in [2.75, 3.05) is 0 Å². The molecule has 3 nitrogen and oxygen atoms in total. The molecule has 1 aliphatic rings. The number of ketones is 1. The Morgan fingerprint density at radius 2 is 2.50 bits per heavy atom. The minimum absolute atomic E-state index is 0.00926. The van der Waals surface area contributed by atoms with Crippen molar-refractivity contribution in [3.05, 3.63) is 23.9 Å². The Kier molecular flexibility index (Phi) is 0.974. The molecule has 0 amide bonds. The van der Waals surface area contributed by atoms with Gasteiger partial charge in [-0.2, -0.15) is 0 Å². The Balaban J connectivity index is 2.62. The maximum absolute atomic E-state index is 11.0. The molecule has 3 heteroatoms. The summed E-state index contributed by atoms with van der Waals surface area (Å²) in [7, 11) is 0. The molecule has 10 heavy (non-hydrogen) atoms. The zero-order valence-corrected chi connectivity index (χ0v) is 5.20. The molecular formula is C7H5NO2. The predicted octanol–water partition coefficient (Wildman–Crippen LogP) is 1.27. The van der Waals surface area contributed by atoms with Crippen LogP contribution in [-0.2, 0) is 0 Å². The van der Waals surface area contributed by atoms with Gasteiger partial charge in [0, 0.05) is 6.42 Å². The van der Waals surface area contributed by atoms with E-state index in [9.17, 15) is 4.79 Å². The largest absolute Gasteiger partial charge is 0.440 e. The number of carbonyl (C=O) groups is 1. The molecule has 1 aliphatic carbocycles. The highest BCUT2D eigenvalue weighted by atomic mass is 16.3. The van der Waals surface area contributed by atoms with E-state index < -0.39 is 0 Å². The quantitative estimate of drug-likeness (QED) is 0.538. The number of fused-ring (bicyclic) bond motifs is 1. The highest BCUT2D eigenvalue weighted by Gasteiger charge is 2.16. The van der Waals surface area contributed by atoms with Crippen LogP contribution in [0.5, 0.6) is 0 Å². The second-order valence-electron chi connectivity index (χ2n) is 2.10. The van der Waals surface area contributed by atoms with Crippen LogP contribution in [0.25, 0.3) is 6.08 Å². The highest BCUT2D eigenvalue weighted by molar-refractivity contribution is 5.99. The van der Waals surface area contributed by atoms with Gasteiger partial charge in [0.15, 0.2) is 12.2 Å². The molecule has 1 aromatic rings. The van der Waals surface area contributed by atoms with Crippen LogP contribution in [0.3, 0.4) is 0 Å². The summed E-state index contributed by atoms with van der Waals surface area (Å²) >= 11 is 0. The number of hydrogen-bond donors (Lipinski definition) is 0. The Morgan fingerprint density at radius 3 is 3.30 bits per heavy atom. The van der Waals surface area contributed by atoms with Gasteiger partial charge in [0.25, 0.3) is 0 Å². The molecule has 0 aromatic carbocycles. The molecule has 0 fully saturated rings. The number of rotatable bonds is 0. The predicted molar refractivity (Wildman–Crippen MR) is 34.5 cm³/mol. The van der Waals surface area contributed by atoms with E-state index in [-0.39, 0.29) is 5.78 Å². The van der Waals surface area contributed by atoms with E-state index >= 15 is 0 Å². The van der Waals surface area contributed by atoms with Crippen LogP contribution in [-0.4, -0.2) is 10.8 Å². The second-order valence-corrected chi connectivity index (χ2v) is 2.10. The molecule has 1 heterocycles. The molecule has 0 radical (unpaired) electrons. The maximum Gasteiger partial charge on any atom is 0.204 e. The zero-order valence-electron chi connectivity index (χ0n) is 5.20. The van der Waals surface area contributed by atoms with Crippen LogP contribution in [0, 0.1) is 0 Å². The minimum Gasteiger partial charge on any atom is -0.440 e. The van der Waals surface area contributed by atoms with Crippen molar-refractivity contribution in [1.82, 2.24) is 4.98 Å². The summed E-state index contributed by atoms with van der Waals surface area (Å²) in [6.45, 7) is 0. The highest BCUT2D eigenvalue weighted by Crippen LogP contribution is 2.16. The van der Waals surface area contributed by atoms with Crippen molar-refractivity contribution in [3.63, 3.8) is 0 Å². The SMILES string of the molecule is O=C1CC=Cc2ncoc21. The van der Waals surface area contributed by atoms with Crippen molar-refractivity contribution in [1.29, 1.82) is 0 Å². The van der Waals surface area contributed by atoms with Crippen LogP contribution >= 0.6 is 0 Å². The van der Waals surface area contributed by atoms with Crippen molar-refractivity contribution in [3.8, 4) is 0 Å². The van der Waals surface area contributed by atoms with Gasteiger partial charge in [0.1, 0.15) is 5.69 Å². The van der Waals surface area contributed by atoms with Gasteiger partial charge >= 0.3 is 0 Å². The van der Waals surface area contributed by atoms with E-state index in [0.717, 1.165) is 0 Å². The van der Waals surface area contributed by atoms with E-state index in [2.05, 4.69) is 4.98 Å². The van der Waals surface area contributed by atoms with E-state index in [1.165, 1.54) is 6.39 Å². The number of carbonyl (C=O) groups excluding carboxylic acids is 1. The van der Waals surface area contributed by atoms with Gasteiger partial charge in [-0.25, -0.2) is 4.98 Å². The Hall–Kier alpha value is -1.38. The van der Waals surface area contributed by atoms with E-state index in [0.29, 0.717) is 17.9 Å². The lowest BCUT2D eigenvalue weighted by atomic mass is 10.1. The molecular weight excluding hydrogens is 130 g/mol. The fourth-order valence-electron chi connectivity index (χ4n) is 0.952. The molecule has 0 unspecified atom stereocenters. The molecule has 0 atom stereocenters. The summed E-state index contributed by atoms with van der Waals surface area (Å²) in [6.07, 6.45) is 5.30. The maximum atomic E-state index is 11.0. The van der Waals surface area contributed by atoms with Gasteiger partial charge in [-0.05, 0) is 6.08 Å². The second kappa shape index (κ2) is 1.80. The fraction of sp³-hybridized carbons (Fsp3) is 0.143. The number of hydrogen-bond acceptors (Lipinski definition) is 3. The molecule has 0 bridgehead atoms. The van der Waals surface area contributed by atoms with Gasteiger partial charge < -0.3 is 4.42 Å². The molecule has 0 spiro atoms. The number of aromatic nitrogens is 1. The third kappa shape index (κ3) is 0.603. The number of Topliss-reactive ketones (excluding diaryl/α,β-unsaturated/α-hetero) is 1. The van der Waals surface area contributed by atoms with Crippen LogP contribution < -0.4 is 0 Å². The summed E-state index contributed by atoms with van der Waals surface area (Å²) in [6, 6.07) is 0. The lowest BCUT2D eigenvalue weighted by molar-refractivity contribution is 0.0968. The summed E-state index contributed by atoms with van der Waals surface area (Å²) < 4.78 is 4.86. The average molecular weight is 135 g/mol. The Labute approximate surface area is 57.4 Å². The molecule has 0 N–H and O–H groups in total. The molecule has 0 aliphatic heterocycles. The van der Waals surface area contributed by atoms with E-state index in [4.69, 9.17) is 4.42 Å². The van der Waals surface area contributed by atoms with Crippen molar-refractivity contribution >= 4 is 11.9 Å².